The minimum absolute atomic E-state index is 0.129. The van der Waals surface area contributed by atoms with E-state index < -0.39 is 6.04 Å². The predicted molar refractivity (Wildman–Crippen MR) is 82.7 cm³/mol. The van der Waals surface area contributed by atoms with Gasteiger partial charge in [-0.1, -0.05) is 30.3 Å². The van der Waals surface area contributed by atoms with E-state index in [1.54, 1.807) is 7.11 Å². The SMILES string of the molecule is COCC(N)C(=O)NC1CC(C)N(Cc2ccccc2)C1. The Morgan fingerprint density at radius 3 is 2.86 bits per heavy atom. The van der Waals surface area contributed by atoms with E-state index in [1.165, 1.54) is 5.56 Å². The summed E-state index contributed by atoms with van der Waals surface area (Å²) in [5.41, 5.74) is 7.05. The molecule has 1 fully saturated rings. The Labute approximate surface area is 126 Å². The Hall–Kier alpha value is -1.43. The third-order valence-corrected chi connectivity index (χ3v) is 3.96. The molecule has 1 aliphatic rings. The third kappa shape index (κ3) is 4.52. The number of amides is 1. The molecule has 5 nitrogen and oxygen atoms in total. The maximum atomic E-state index is 11.9. The number of rotatable bonds is 6. The molecule has 2 rings (SSSR count). The molecule has 1 aromatic rings. The van der Waals surface area contributed by atoms with Crippen LogP contribution in [0, 0.1) is 0 Å². The first kappa shape index (κ1) is 15.9. The van der Waals surface area contributed by atoms with Gasteiger partial charge in [-0.25, -0.2) is 0 Å². The molecule has 116 valence electrons. The number of ether oxygens (including phenoxy) is 1. The Bertz CT molecular complexity index is 452. The summed E-state index contributed by atoms with van der Waals surface area (Å²) in [5, 5.41) is 3.02. The normalized spacial score (nSPS) is 24.0. The van der Waals surface area contributed by atoms with Crippen molar-refractivity contribution >= 4 is 5.91 Å². The van der Waals surface area contributed by atoms with Crippen LogP contribution in [0.5, 0.6) is 0 Å². The molecular formula is C16H25N3O2. The van der Waals surface area contributed by atoms with Gasteiger partial charge in [0.25, 0.3) is 0 Å². The molecular weight excluding hydrogens is 266 g/mol. The first-order valence-corrected chi connectivity index (χ1v) is 7.43. The second-order valence-corrected chi connectivity index (χ2v) is 5.77. The van der Waals surface area contributed by atoms with Crippen LogP contribution in [0.2, 0.25) is 0 Å². The highest BCUT2D eigenvalue weighted by atomic mass is 16.5. The maximum absolute atomic E-state index is 11.9. The first-order valence-electron chi connectivity index (χ1n) is 7.43. The second-order valence-electron chi connectivity index (χ2n) is 5.77. The monoisotopic (exact) mass is 291 g/mol. The lowest BCUT2D eigenvalue weighted by atomic mass is 10.1. The molecule has 0 aliphatic carbocycles. The van der Waals surface area contributed by atoms with Gasteiger partial charge in [0.1, 0.15) is 6.04 Å². The molecule has 1 saturated heterocycles. The van der Waals surface area contributed by atoms with E-state index in [9.17, 15) is 4.79 Å². The highest BCUT2D eigenvalue weighted by Crippen LogP contribution is 2.20. The summed E-state index contributed by atoms with van der Waals surface area (Å²) in [4.78, 5) is 14.3. The van der Waals surface area contributed by atoms with E-state index in [4.69, 9.17) is 10.5 Å². The molecule has 1 amide bonds. The van der Waals surface area contributed by atoms with Crippen molar-refractivity contribution in [1.29, 1.82) is 0 Å². The highest BCUT2D eigenvalue weighted by molar-refractivity contribution is 5.81. The van der Waals surface area contributed by atoms with Gasteiger partial charge in [0.15, 0.2) is 0 Å². The van der Waals surface area contributed by atoms with Crippen molar-refractivity contribution in [1.82, 2.24) is 10.2 Å². The third-order valence-electron chi connectivity index (χ3n) is 3.96. The van der Waals surface area contributed by atoms with E-state index in [-0.39, 0.29) is 18.6 Å². The van der Waals surface area contributed by atoms with Crippen molar-refractivity contribution < 1.29 is 9.53 Å². The molecule has 3 atom stereocenters. The Morgan fingerprint density at radius 1 is 1.48 bits per heavy atom. The standard InChI is InChI=1S/C16H25N3O2/c1-12-8-14(18-16(20)15(17)11-21-2)10-19(12)9-13-6-4-3-5-7-13/h3-7,12,14-15H,8-11,17H2,1-2H3,(H,18,20). The Kier molecular flexibility index (Phi) is 5.73. The minimum atomic E-state index is -0.589. The molecule has 3 unspecified atom stereocenters. The largest absolute Gasteiger partial charge is 0.383 e. The lowest BCUT2D eigenvalue weighted by molar-refractivity contribution is -0.124. The van der Waals surface area contributed by atoms with Crippen molar-refractivity contribution in [2.75, 3.05) is 20.3 Å². The molecule has 5 heteroatoms. The van der Waals surface area contributed by atoms with Gasteiger partial charge in [0, 0.05) is 32.3 Å². The lowest BCUT2D eigenvalue weighted by Gasteiger charge is -2.21. The molecule has 0 spiro atoms. The lowest BCUT2D eigenvalue weighted by Crippen LogP contribution is -2.48. The van der Waals surface area contributed by atoms with E-state index in [0.717, 1.165) is 19.5 Å². The summed E-state index contributed by atoms with van der Waals surface area (Å²) in [6.45, 7) is 4.23. The van der Waals surface area contributed by atoms with E-state index in [0.29, 0.717) is 6.04 Å². The number of nitrogens with one attached hydrogen (secondary N) is 1. The van der Waals surface area contributed by atoms with E-state index in [1.807, 2.05) is 6.07 Å². The molecule has 1 aromatic carbocycles. The zero-order chi connectivity index (χ0) is 15.2. The van der Waals surface area contributed by atoms with Crippen molar-refractivity contribution in [2.24, 2.45) is 5.73 Å². The fraction of sp³-hybridized carbons (Fsp3) is 0.562. The van der Waals surface area contributed by atoms with Crippen molar-refractivity contribution in [3.8, 4) is 0 Å². The topological polar surface area (TPSA) is 67.6 Å². The first-order chi connectivity index (χ1) is 10.1. The highest BCUT2D eigenvalue weighted by Gasteiger charge is 2.30. The van der Waals surface area contributed by atoms with Crippen molar-refractivity contribution in [3.05, 3.63) is 35.9 Å². The van der Waals surface area contributed by atoms with Crippen LogP contribution >= 0.6 is 0 Å². The summed E-state index contributed by atoms with van der Waals surface area (Å²) >= 11 is 0. The van der Waals surface area contributed by atoms with Gasteiger partial charge >= 0.3 is 0 Å². The van der Waals surface area contributed by atoms with Crippen molar-refractivity contribution in [2.45, 2.75) is 38.0 Å². The molecule has 1 heterocycles. The maximum Gasteiger partial charge on any atom is 0.239 e. The van der Waals surface area contributed by atoms with E-state index in [2.05, 4.69) is 41.4 Å². The van der Waals surface area contributed by atoms with Crippen LogP contribution in [-0.2, 0) is 16.1 Å². The summed E-state index contributed by atoms with van der Waals surface area (Å²) in [6, 6.07) is 10.4. The number of carbonyl (C=O) groups is 1. The average molecular weight is 291 g/mol. The Balaban J connectivity index is 1.85. The van der Waals surface area contributed by atoms with Crippen LogP contribution in [0.25, 0.3) is 0 Å². The fourth-order valence-corrected chi connectivity index (χ4v) is 2.80. The van der Waals surface area contributed by atoms with Crippen LogP contribution in [0.15, 0.2) is 30.3 Å². The number of methoxy groups -OCH3 is 1. The molecule has 21 heavy (non-hydrogen) atoms. The Morgan fingerprint density at radius 2 is 2.19 bits per heavy atom. The van der Waals surface area contributed by atoms with Gasteiger partial charge in [-0.2, -0.15) is 0 Å². The quantitative estimate of drug-likeness (QED) is 0.811. The molecule has 0 radical (unpaired) electrons. The summed E-state index contributed by atoms with van der Waals surface area (Å²) in [6.07, 6.45) is 0.957. The number of benzene rings is 1. The molecule has 0 aromatic heterocycles. The van der Waals surface area contributed by atoms with Gasteiger partial charge in [0.05, 0.1) is 6.61 Å². The van der Waals surface area contributed by atoms with Gasteiger partial charge in [0.2, 0.25) is 5.91 Å². The molecule has 3 N–H and O–H groups in total. The van der Waals surface area contributed by atoms with Crippen LogP contribution < -0.4 is 11.1 Å². The number of hydrogen-bond donors (Lipinski definition) is 2. The predicted octanol–water partition coefficient (Wildman–Crippen LogP) is 0.739. The van der Waals surface area contributed by atoms with E-state index >= 15 is 0 Å². The van der Waals surface area contributed by atoms with Gasteiger partial charge in [-0.15, -0.1) is 0 Å². The number of likely N-dealkylation sites (tertiary alicyclic amines) is 1. The average Bonchev–Trinajstić information content (AvgIpc) is 2.80. The number of carbonyl (C=O) groups excluding carboxylic acids is 1. The van der Waals surface area contributed by atoms with Crippen LogP contribution in [-0.4, -0.2) is 49.2 Å². The summed E-state index contributed by atoms with van der Waals surface area (Å²) < 4.78 is 4.91. The number of hydrogen-bond acceptors (Lipinski definition) is 4. The number of nitrogens with two attached hydrogens (primary N) is 1. The fourth-order valence-electron chi connectivity index (χ4n) is 2.80. The van der Waals surface area contributed by atoms with Gasteiger partial charge in [-0.3, -0.25) is 9.69 Å². The van der Waals surface area contributed by atoms with Crippen LogP contribution in [0.4, 0.5) is 0 Å². The van der Waals surface area contributed by atoms with Gasteiger partial charge in [-0.05, 0) is 18.9 Å². The zero-order valence-electron chi connectivity index (χ0n) is 12.8. The number of nitrogens with zero attached hydrogens (tertiary/aromatic N) is 1. The van der Waals surface area contributed by atoms with Gasteiger partial charge < -0.3 is 15.8 Å². The molecule has 0 saturated carbocycles. The zero-order valence-corrected chi connectivity index (χ0v) is 12.8. The minimum Gasteiger partial charge on any atom is -0.383 e. The molecule has 1 aliphatic heterocycles. The summed E-state index contributed by atoms with van der Waals surface area (Å²) in [7, 11) is 1.55. The summed E-state index contributed by atoms with van der Waals surface area (Å²) in [5.74, 6) is -0.129. The van der Waals surface area contributed by atoms with Crippen molar-refractivity contribution in [3.63, 3.8) is 0 Å². The smallest absolute Gasteiger partial charge is 0.239 e. The second kappa shape index (κ2) is 7.54. The van der Waals surface area contributed by atoms with Crippen LogP contribution in [0.1, 0.15) is 18.9 Å². The van der Waals surface area contributed by atoms with Crippen LogP contribution in [0.3, 0.4) is 0 Å². The molecule has 0 bridgehead atoms.